The molecule has 5 aromatic carbocycles. The normalized spacial score (nSPS) is 18.1. The molecule has 9 rings (SSSR count). The summed E-state index contributed by atoms with van der Waals surface area (Å²) in [5, 5.41) is 0. The van der Waals surface area contributed by atoms with Gasteiger partial charge in [-0.25, -0.2) is 0 Å². The van der Waals surface area contributed by atoms with E-state index in [9.17, 15) is 0 Å². The van der Waals surface area contributed by atoms with Gasteiger partial charge >= 0.3 is 0 Å². The fraction of sp³-hybridized carbons (Fsp3) is 0.105. The van der Waals surface area contributed by atoms with Crippen molar-refractivity contribution in [1.82, 2.24) is 0 Å². The molecule has 0 nitrogen and oxygen atoms in total. The minimum Gasteiger partial charge on any atom is -0.0693 e. The van der Waals surface area contributed by atoms with Crippen molar-refractivity contribution in [3.63, 3.8) is 0 Å². The summed E-state index contributed by atoms with van der Waals surface area (Å²) in [6.07, 6.45) is 4.47. The van der Waals surface area contributed by atoms with Crippen LogP contribution in [0.2, 0.25) is 0 Å². The summed E-state index contributed by atoms with van der Waals surface area (Å²) >= 11 is 4.00. The lowest BCUT2D eigenvalue weighted by atomic mass is 9.51. The molecule has 0 radical (unpaired) electrons. The molecular formula is C38H25Br. The first-order valence-corrected chi connectivity index (χ1v) is 14.7. The second-order valence-corrected chi connectivity index (χ2v) is 12.0. The van der Waals surface area contributed by atoms with Gasteiger partial charge in [-0.05, 0) is 79.6 Å². The molecule has 2 spiro atoms. The number of hydrogen-bond donors (Lipinski definition) is 0. The van der Waals surface area contributed by atoms with Crippen LogP contribution < -0.4 is 0 Å². The summed E-state index contributed by atoms with van der Waals surface area (Å²) in [5.74, 6) is 0. The molecule has 0 unspecified atom stereocenters. The first kappa shape index (κ1) is 21.9. The number of halogens is 1. The Hall–Kier alpha value is -3.94. The van der Waals surface area contributed by atoms with Gasteiger partial charge in [-0.1, -0.05) is 143 Å². The van der Waals surface area contributed by atoms with Crippen LogP contribution in [0, 0.1) is 0 Å². The Bertz CT molecular complexity index is 1840. The first-order chi connectivity index (χ1) is 19.3. The van der Waals surface area contributed by atoms with Gasteiger partial charge in [0.15, 0.2) is 0 Å². The largest absolute Gasteiger partial charge is 0.0719 e. The molecule has 5 aromatic rings. The lowest BCUT2D eigenvalue weighted by Crippen LogP contribution is -2.44. The van der Waals surface area contributed by atoms with Crippen LogP contribution in [0.3, 0.4) is 0 Å². The topological polar surface area (TPSA) is 0 Å². The molecule has 0 aliphatic heterocycles. The third-order valence-electron chi connectivity index (χ3n) is 9.73. The van der Waals surface area contributed by atoms with Crippen molar-refractivity contribution < 1.29 is 0 Å². The van der Waals surface area contributed by atoms with Crippen molar-refractivity contribution in [3.05, 3.63) is 182 Å². The molecule has 0 saturated carbocycles. The van der Waals surface area contributed by atoms with Gasteiger partial charge in [0, 0.05) is 4.48 Å². The van der Waals surface area contributed by atoms with Crippen LogP contribution in [0.1, 0.15) is 57.3 Å². The van der Waals surface area contributed by atoms with Crippen LogP contribution in [0.4, 0.5) is 0 Å². The van der Waals surface area contributed by atoms with E-state index in [-0.39, 0.29) is 10.8 Å². The van der Waals surface area contributed by atoms with Gasteiger partial charge in [0.25, 0.3) is 0 Å². The molecule has 4 aliphatic rings. The average Bonchev–Trinajstić information content (AvgIpc) is 3.46. The SMILES string of the molecule is BrC1=CCCC2=C1c1ccccc1C21c2ccccc2C2(c3ccccc3-c3ccccc32)c2ccccc21. The van der Waals surface area contributed by atoms with Crippen molar-refractivity contribution in [2.45, 2.75) is 23.7 Å². The molecule has 0 heterocycles. The highest BCUT2D eigenvalue weighted by atomic mass is 79.9. The number of benzene rings is 5. The maximum atomic E-state index is 4.00. The zero-order valence-corrected chi connectivity index (χ0v) is 23.0. The zero-order valence-electron chi connectivity index (χ0n) is 21.4. The Labute approximate surface area is 237 Å². The second kappa shape index (κ2) is 7.58. The number of fused-ring (bicyclic) bond motifs is 15. The van der Waals surface area contributed by atoms with Crippen LogP contribution >= 0.6 is 15.9 Å². The zero-order chi connectivity index (χ0) is 25.8. The van der Waals surface area contributed by atoms with Crippen LogP contribution in [0.25, 0.3) is 16.7 Å². The van der Waals surface area contributed by atoms with Gasteiger partial charge in [-0.15, -0.1) is 0 Å². The molecule has 0 N–H and O–H groups in total. The highest BCUT2D eigenvalue weighted by Crippen LogP contribution is 2.68. The van der Waals surface area contributed by atoms with Crippen molar-refractivity contribution in [2.24, 2.45) is 0 Å². The summed E-state index contributed by atoms with van der Waals surface area (Å²) < 4.78 is 1.24. The Morgan fingerprint density at radius 2 is 0.821 bits per heavy atom. The van der Waals surface area contributed by atoms with Crippen molar-refractivity contribution in [2.75, 3.05) is 0 Å². The van der Waals surface area contributed by atoms with Crippen LogP contribution in [0.5, 0.6) is 0 Å². The number of hydrogen-bond acceptors (Lipinski definition) is 0. The summed E-state index contributed by atoms with van der Waals surface area (Å²) in [6, 6.07) is 46.0. The number of rotatable bonds is 0. The molecule has 0 amide bonds. The van der Waals surface area contributed by atoms with Crippen molar-refractivity contribution >= 4 is 21.5 Å². The van der Waals surface area contributed by atoms with Gasteiger partial charge in [0.2, 0.25) is 0 Å². The van der Waals surface area contributed by atoms with Crippen LogP contribution in [-0.2, 0) is 10.8 Å². The Kier molecular flexibility index (Phi) is 4.27. The molecule has 0 saturated heterocycles. The van der Waals surface area contributed by atoms with Crippen molar-refractivity contribution in [1.29, 1.82) is 0 Å². The van der Waals surface area contributed by atoms with E-state index in [4.69, 9.17) is 0 Å². The predicted octanol–water partition coefficient (Wildman–Crippen LogP) is 9.54. The fourth-order valence-corrected chi connectivity index (χ4v) is 9.25. The molecule has 0 aromatic heterocycles. The highest BCUT2D eigenvalue weighted by molar-refractivity contribution is 9.12. The Morgan fingerprint density at radius 1 is 0.436 bits per heavy atom. The van der Waals surface area contributed by atoms with Gasteiger partial charge in [-0.3, -0.25) is 0 Å². The van der Waals surface area contributed by atoms with Gasteiger partial charge in [0.05, 0.1) is 10.8 Å². The standard InChI is InChI=1S/C38H25Br/c39-35-23-11-22-34-36(35)26-14-3-6-17-29(26)38(34)32-20-9-7-18-30(32)37(31-19-8-10-21-33(31)38)27-15-4-1-12-24(27)25-13-2-5-16-28(25)37/h1-10,12-21,23H,11,22H2. The maximum Gasteiger partial charge on any atom is 0.0719 e. The Balaban J connectivity index is 1.52. The highest BCUT2D eigenvalue weighted by Gasteiger charge is 2.59. The van der Waals surface area contributed by atoms with Gasteiger partial charge < -0.3 is 0 Å². The minimum atomic E-state index is -0.356. The average molecular weight is 562 g/mol. The molecule has 184 valence electrons. The predicted molar refractivity (Wildman–Crippen MR) is 163 cm³/mol. The first-order valence-electron chi connectivity index (χ1n) is 13.9. The summed E-state index contributed by atoms with van der Waals surface area (Å²) in [4.78, 5) is 0. The Morgan fingerprint density at radius 3 is 1.33 bits per heavy atom. The van der Waals surface area contributed by atoms with Crippen molar-refractivity contribution in [3.8, 4) is 11.1 Å². The lowest BCUT2D eigenvalue weighted by molar-refractivity contribution is 0.605. The molecule has 0 atom stereocenters. The summed E-state index contributed by atoms with van der Waals surface area (Å²) in [6.45, 7) is 0. The molecule has 4 aliphatic carbocycles. The maximum absolute atomic E-state index is 4.00. The van der Waals surface area contributed by atoms with E-state index in [0.717, 1.165) is 12.8 Å². The quantitative estimate of drug-likeness (QED) is 0.173. The summed E-state index contributed by atoms with van der Waals surface area (Å²) in [5.41, 5.74) is 16.2. The van der Waals surface area contributed by atoms with Gasteiger partial charge in [0.1, 0.15) is 0 Å². The smallest absolute Gasteiger partial charge is 0.0693 e. The van der Waals surface area contributed by atoms with Crippen LogP contribution in [-0.4, -0.2) is 0 Å². The van der Waals surface area contributed by atoms with E-state index in [2.05, 4.69) is 143 Å². The second-order valence-electron chi connectivity index (χ2n) is 11.2. The van der Waals surface area contributed by atoms with E-state index in [1.54, 1.807) is 0 Å². The van der Waals surface area contributed by atoms with Crippen LogP contribution in [0.15, 0.2) is 137 Å². The fourth-order valence-electron chi connectivity index (χ4n) is 8.57. The molecule has 39 heavy (non-hydrogen) atoms. The molecule has 0 bridgehead atoms. The molecule has 1 heteroatoms. The van der Waals surface area contributed by atoms with E-state index in [1.807, 2.05) is 0 Å². The monoisotopic (exact) mass is 560 g/mol. The molecule has 0 fully saturated rings. The number of allylic oxidation sites excluding steroid dienone is 4. The minimum absolute atomic E-state index is 0.315. The van der Waals surface area contributed by atoms with Gasteiger partial charge in [-0.2, -0.15) is 0 Å². The third-order valence-corrected chi connectivity index (χ3v) is 10.5. The summed E-state index contributed by atoms with van der Waals surface area (Å²) in [7, 11) is 0. The van der Waals surface area contributed by atoms with E-state index in [0.29, 0.717) is 0 Å². The van der Waals surface area contributed by atoms with E-state index < -0.39 is 0 Å². The third kappa shape index (κ3) is 2.39. The van der Waals surface area contributed by atoms with E-state index >= 15 is 0 Å². The van der Waals surface area contributed by atoms with E-state index in [1.165, 1.54) is 71.3 Å². The lowest BCUT2D eigenvalue weighted by Gasteiger charge is -2.49. The molecular weight excluding hydrogens is 536 g/mol.